The Bertz CT molecular complexity index is 890. The normalized spacial score (nSPS) is 10.5. The fraction of sp³-hybridized carbons (Fsp3) is 0.143. The summed E-state index contributed by atoms with van der Waals surface area (Å²) in [4.78, 5) is 0. The number of hydrogen-bond donors (Lipinski definition) is 1. The quantitative estimate of drug-likeness (QED) is 0.666. The van der Waals surface area contributed by atoms with Gasteiger partial charge in [-0.05, 0) is 66.9 Å². The summed E-state index contributed by atoms with van der Waals surface area (Å²) in [6.07, 6.45) is 0. The first-order valence-electron chi connectivity index (χ1n) is 7.96. The molecule has 4 heteroatoms. The van der Waals surface area contributed by atoms with Crippen molar-refractivity contribution in [2.24, 2.45) is 0 Å². The van der Waals surface area contributed by atoms with Gasteiger partial charge in [0.05, 0.1) is 0 Å². The SMILES string of the molecule is Cc1cc(OCc2cccc(F)c2)cc(Oc2ccc(C)cc2O)c1. The van der Waals surface area contributed by atoms with Gasteiger partial charge >= 0.3 is 0 Å². The molecule has 3 rings (SSSR count). The molecule has 3 aromatic rings. The lowest BCUT2D eigenvalue weighted by Crippen LogP contribution is -1.97. The minimum absolute atomic E-state index is 0.0868. The lowest BCUT2D eigenvalue weighted by atomic mass is 10.2. The van der Waals surface area contributed by atoms with Crippen molar-refractivity contribution in [2.45, 2.75) is 20.5 Å². The van der Waals surface area contributed by atoms with Crippen molar-refractivity contribution in [3.05, 3.63) is 83.2 Å². The van der Waals surface area contributed by atoms with E-state index in [2.05, 4.69) is 0 Å². The number of benzene rings is 3. The molecule has 1 N–H and O–H groups in total. The maximum atomic E-state index is 13.2. The lowest BCUT2D eigenvalue weighted by Gasteiger charge is -2.12. The molecular formula is C21H19FO3. The summed E-state index contributed by atoms with van der Waals surface area (Å²) >= 11 is 0. The Hall–Kier alpha value is -3.01. The smallest absolute Gasteiger partial charge is 0.169 e. The van der Waals surface area contributed by atoms with E-state index in [0.717, 1.165) is 16.7 Å². The van der Waals surface area contributed by atoms with E-state index in [4.69, 9.17) is 9.47 Å². The largest absolute Gasteiger partial charge is 0.504 e. The molecule has 0 saturated carbocycles. The second kappa shape index (κ2) is 7.26. The van der Waals surface area contributed by atoms with Gasteiger partial charge in [0, 0.05) is 6.07 Å². The number of aryl methyl sites for hydroxylation is 2. The van der Waals surface area contributed by atoms with Crippen molar-refractivity contribution in [1.82, 2.24) is 0 Å². The summed E-state index contributed by atoms with van der Waals surface area (Å²) in [6.45, 7) is 4.09. The number of halogens is 1. The van der Waals surface area contributed by atoms with Gasteiger partial charge in [0.15, 0.2) is 11.5 Å². The van der Waals surface area contributed by atoms with E-state index in [1.807, 2.05) is 32.0 Å². The Morgan fingerprint density at radius 3 is 2.44 bits per heavy atom. The monoisotopic (exact) mass is 338 g/mol. The summed E-state index contributed by atoms with van der Waals surface area (Å²) in [5.74, 6) is 1.36. The molecule has 0 aliphatic carbocycles. The van der Waals surface area contributed by atoms with Crippen LogP contribution < -0.4 is 9.47 Å². The van der Waals surface area contributed by atoms with Gasteiger partial charge in [-0.3, -0.25) is 0 Å². The van der Waals surface area contributed by atoms with Crippen molar-refractivity contribution in [3.63, 3.8) is 0 Å². The zero-order valence-electron chi connectivity index (χ0n) is 14.1. The number of phenolic OH excluding ortho intramolecular Hbond substituents is 1. The molecule has 0 amide bonds. The highest BCUT2D eigenvalue weighted by Gasteiger charge is 2.07. The summed E-state index contributed by atoms with van der Waals surface area (Å²) in [5.41, 5.74) is 2.66. The van der Waals surface area contributed by atoms with E-state index in [1.54, 1.807) is 30.3 Å². The molecule has 3 nitrogen and oxygen atoms in total. The van der Waals surface area contributed by atoms with Crippen molar-refractivity contribution >= 4 is 0 Å². The molecular weight excluding hydrogens is 319 g/mol. The highest BCUT2D eigenvalue weighted by molar-refractivity contribution is 5.46. The standard InChI is InChI=1S/C21H19FO3/c1-14-6-7-21(20(23)10-14)25-19-9-15(2)8-18(12-19)24-13-16-4-3-5-17(22)11-16/h3-12,23H,13H2,1-2H3. The van der Waals surface area contributed by atoms with Crippen LogP contribution in [0.25, 0.3) is 0 Å². The molecule has 0 aromatic heterocycles. The Morgan fingerprint density at radius 2 is 1.68 bits per heavy atom. The van der Waals surface area contributed by atoms with Crippen LogP contribution in [-0.4, -0.2) is 5.11 Å². The van der Waals surface area contributed by atoms with E-state index < -0.39 is 0 Å². The molecule has 0 radical (unpaired) electrons. The van der Waals surface area contributed by atoms with Crippen LogP contribution >= 0.6 is 0 Å². The van der Waals surface area contributed by atoms with Crippen LogP contribution in [0.3, 0.4) is 0 Å². The predicted molar refractivity (Wildman–Crippen MR) is 94.8 cm³/mol. The summed E-state index contributed by atoms with van der Waals surface area (Å²) < 4.78 is 24.7. The number of rotatable bonds is 5. The second-order valence-electron chi connectivity index (χ2n) is 5.97. The first kappa shape index (κ1) is 16.8. The number of aromatic hydroxyl groups is 1. The third-order valence-corrected chi connectivity index (χ3v) is 3.66. The summed E-state index contributed by atoms with van der Waals surface area (Å²) in [7, 11) is 0. The molecule has 0 aliphatic heterocycles. The molecule has 0 atom stereocenters. The molecule has 0 aliphatic rings. The topological polar surface area (TPSA) is 38.7 Å². The molecule has 0 spiro atoms. The van der Waals surface area contributed by atoms with Crippen LogP contribution in [0.4, 0.5) is 4.39 Å². The van der Waals surface area contributed by atoms with Gasteiger partial charge in [0.1, 0.15) is 23.9 Å². The van der Waals surface area contributed by atoms with E-state index >= 15 is 0 Å². The van der Waals surface area contributed by atoms with Crippen molar-refractivity contribution in [2.75, 3.05) is 0 Å². The average molecular weight is 338 g/mol. The van der Waals surface area contributed by atoms with E-state index in [1.165, 1.54) is 12.1 Å². The Kier molecular flexibility index (Phi) is 4.89. The maximum absolute atomic E-state index is 13.2. The molecule has 0 bridgehead atoms. The van der Waals surface area contributed by atoms with Crippen LogP contribution in [0.5, 0.6) is 23.0 Å². The third kappa shape index (κ3) is 4.51. The zero-order chi connectivity index (χ0) is 17.8. The van der Waals surface area contributed by atoms with Crippen LogP contribution in [0.15, 0.2) is 60.7 Å². The summed E-state index contributed by atoms with van der Waals surface area (Å²) in [5, 5.41) is 9.98. The first-order valence-corrected chi connectivity index (χ1v) is 7.96. The highest BCUT2D eigenvalue weighted by Crippen LogP contribution is 2.33. The van der Waals surface area contributed by atoms with E-state index in [-0.39, 0.29) is 18.2 Å². The Morgan fingerprint density at radius 1 is 0.880 bits per heavy atom. The zero-order valence-corrected chi connectivity index (χ0v) is 14.1. The molecule has 0 heterocycles. The maximum Gasteiger partial charge on any atom is 0.169 e. The van der Waals surface area contributed by atoms with Gasteiger partial charge in [-0.1, -0.05) is 18.2 Å². The van der Waals surface area contributed by atoms with Crippen LogP contribution in [-0.2, 0) is 6.61 Å². The van der Waals surface area contributed by atoms with Crippen molar-refractivity contribution < 1.29 is 19.0 Å². The van der Waals surface area contributed by atoms with Crippen LogP contribution in [0.2, 0.25) is 0 Å². The van der Waals surface area contributed by atoms with Crippen molar-refractivity contribution in [1.29, 1.82) is 0 Å². The minimum Gasteiger partial charge on any atom is -0.504 e. The van der Waals surface area contributed by atoms with Crippen LogP contribution in [0, 0.1) is 19.7 Å². The molecule has 0 fully saturated rings. The molecule has 3 aromatic carbocycles. The number of hydrogen-bond acceptors (Lipinski definition) is 3. The van der Waals surface area contributed by atoms with E-state index in [9.17, 15) is 9.50 Å². The predicted octanol–water partition coefficient (Wildman–Crippen LogP) is 5.52. The molecule has 0 unspecified atom stereocenters. The number of phenols is 1. The molecule has 25 heavy (non-hydrogen) atoms. The fourth-order valence-electron chi connectivity index (χ4n) is 2.49. The minimum atomic E-state index is -0.288. The molecule has 128 valence electrons. The van der Waals surface area contributed by atoms with Gasteiger partial charge in [0.2, 0.25) is 0 Å². The first-order chi connectivity index (χ1) is 12.0. The van der Waals surface area contributed by atoms with Gasteiger partial charge in [-0.25, -0.2) is 4.39 Å². The average Bonchev–Trinajstić information content (AvgIpc) is 2.55. The van der Waals surface area contributed by atoms with Gasteiger partial charge in [-0.15, -0.1) is 0 Å². The van der Waals surface area contributed by atoms with Crippen LogP contribution in [0.1, 0.15) is 16.7 Å². The lowest BCUT2D eigenvalue weighted by molar-refractivity contribution is 0.303. The Balaban J connectivity index is 1.76. The van der Waals surface area contributed by atoms with Gasteiger partial charge < -0.3 is 14.6 Å². The summed E-state index contributed by atoms with van der Waals surface area (Å²) in [6, 6.07) is 17.0. The number of ether oxygens (including phenoxy) is 2. The second-order valence-corrected chi connectivity index (χ2v) is 5.97. The fourth-order valence-corrected chi connectivity index (χ4v) is 2.49. The van der Waals surface area contributed by atoms with Gasteiger partial charge in [0.25, 0.3) is 0 Å². The van der Waals surface area contributed by atoms with Gasteiger partial charge in [-0.2, -0.15) is 0 Å². The highest BCUT2D eigenvalue weighted by atomic mass is 19.1. The molecule has 0 saturated heterocycles. The third-order valence-electron chi connectivity index (χ3n) is 3.66. The van der Waals surface area contributed by atoms with Crippen molar-refractivity contribution in [3.8, 4) is 23.0 Å². The Labute approximate surface area is 146 Å². The van der Waals surface area contributed by atoms with E-state index in [0.29, 0.717) is 17.2 Å².